The molecule has 7 nitrogen and oxygen atoms in total. The van der Waals surface area contributed by atoms with Gasteiger partial charge in [0.05, 0.1) is 6.61 Å². The summed E-state index contributed by atoms with van der Waals surface area (Å²) in [6.07, 6.45) is 3.79. The Morgan fingerprint density at radius 1 is 1.20 bits per heavy atom. The van der Waals surface area contributed by atoms with Crippen molar-refractivity contribution in [2.75, 3.05) is 13.2 Å². The first kappa shape index (κ1) is 21.2. The summed E-state index contributed by atoms with van der Waals surface area (Å²) in [6.45, 7) is 4.04. The van der Waals surface area contributed by atoms with Crippen LogP contribution < -0.4 is 25.1 Å². The monoisotopic (exact) mass is 414 g/mol. The van der Waals surface area contributed by atoms with E-state index >= 15 is 0 Å². The molecular formula is C22H23FN2O5. The molecule has 1 heterocycles. The highest BCUT2D eigenvalue weighted by atomic mass is 19.1. The molecule has 1 atom stereocenters. The third-order valence-corrected chi connectivity index (χ3v) is 4.25. The Labute approximate surface area is 173 Å². The molecular weight excluding hydrogens is 391 g/mol. The van der Waals surface area contributed by atoms with E-state index in [1.165, 1.54) is 30.3 Å². The normalized spacial score (nSPS) is 14.7. The van der Waals surface area contributed by atoms with Gasteiger partial charge in [0.25, 0.3) is 11.8 Å². The molecule has 1 aliphatic heterocycles. The molecule has 0 aromatic heterocycles. The first-order chi connectivity index (χ1) is 14.4. The SMILES string of the molecule is CCOc1cc2c(cc1/C=C/C(=O)NNC(=O)COc1ccc(F)cc1)O[C@H](C)C2. The summed E-state index contributed by atoms with van der Waals surface area (Å²) in [7, 11) is 0. The van der Waals surface area contributed by atoms with Crippen LogP contribution in [-0.2, 0) is 16.0 Å². The van der Waals surface area contributed by atoms with E-state index in [9.17, 15) is 14.0 Å². The molecule has 2 aromatic carbocycles. The lowest BCUT2D eigenvalue weighted by Gasteiger charge is -2.10. The Hall–Kier alpha value is -3.55. The summed E-state index contributed by atoms with van der Waals surface area (Å²) < 4.78 is 29.5. The second-order valence-electron chi connectivity index (χ2n) is 6.68. The number of nitrogens with one attached hydrogen (secondary N) is 2. The van der Waals surface area contributed by atoms with Crippen LogP contribution >= 0.6 is 0 Å². The largest absolute Gasteiger partial charge is 0.493 e. The van der Waals surface area contributed by atoms with Crippen molar-refractivity contribution < 1.29 is 28.2 Å². The topological polar surface area (TPSA) is 85.9 Å². The molecule has 0 saturated heterocycles. The summed E-state index contributed by atoms with van der Waals surface area (Å²) in [6, 6.07) is 9.01. The Morgan fingerprint density at radius 2 is 1.97 bits per heavy atom. The van der Waals surface area contributed by atoms with Gasteiger partial charge in [-0.05, 0) is 56.3 Å². The van der Waals surface area contributed by atoms with Crippen molar-refractivity contribution in [1.82, 2.24) is 10.9 Å². The molecule has 1 aliphatic rings. The van der Waals surface area contributed by atoms with Gasteiger partial charge >= 0.3 is 0 Å². The molecule has 2 amide bonds. The predicted molar refractivity (Wildman–Crippen MR) is 109 cm³/mol. The van der Waals surface area contributed by atoms with Crippen LogP contribution in [0, 0.1) is 5.82 Å². The molecule has 0 spiro atoms. The number of benzene rings is 2. The molecule has 158 valence electrons. The maximum atomic E-state index is 12.8. The van der Waals surface area contributed by atoms with Gasteiger partial charge in [0, 0.05) is 23.6 Å². The zero-order valence-electron chi connectivity index (χ0n) is 16.7. The molecule has 8 heteroatoms. The van der Waals surface area contributed by atoms with Crippen molar-refractivity contribution in [2.24, 2.45) is 0 Å². The second-order valence-corrected chi connectivity index (χ2v) is 6.68. The lowest BCUT2D eigenvalue weighted by molar-refractivity contribution is -0.128. The van der Waals surface area contributed by atoms with Crippen LogP contribution in [0.5, 0.6) is 17.2 Å². The lowest BCUT2D eigenvalue weighted by atomic mass is 10.1. The minimum atomic E-state index is -0.559. The van der Waals surface area contributed by atoms with E-state index in [1.807, 2.05) is 26.0 Å². The average molecular weight is 414 g/mol. The number of halogens is 1. The summed E-state index contributed by atoms with van der Waals surface area (Å²) in [5.74, 6) is 0.294. The van der Waals surface area contributed by atoms with Crippen LogP contribution in [0.15, 0.2) is 42.5 Å². The van der Waals surface area contributed by atoms with E-state index in [0.29, 0.717) is 23.7 Å². The minimum Gasteiger partial charge on any atom is -0.493 e. The van der Waals surface area contributed by atoms with E-state index in [4.69, 9.17) is 14.2 Å². The Kier molecular flexibility index (Phi) is 6.90. The predicted octanol–water partition coefficient (Wildman–Crippen LogP) is 2.79. The van der Waals surface area contributed by atoms with Crippen molar-refractivity contribution in [3.8, 4) is 17.2 Å². The van der Waals surface area contributed by atoms with Crippen LogP contribution in [0.2, 0.25) is 0 Å². The number of hydrazine groups is 1. The highest BCUT2D eigenvalue weighted by molar-refractivity contribution is 5.93. The minimum absolute atomic E-state index is 0.101. The average Bonchev–Trinajstić information content (AvgIpc) is 3.09. The molecule has 3 rings (SSSR count). The Bertz CT molecular complexity index is 943. The van der Waals surface area contributed by atoms with E-state index < -0.39 is 17.6 Å². The molecule has 30 heavy (non-hydrogen) atoms. The first-order valence-corrected chi connectivity index (χ1v) is 9.56. The van der Waals surface area contributed by atoms with Gasteiger partial charge < -0.3 is 14.2 Å². The number of carbonyl (C=O) groups excluding carboxylic acids is 2. The second kappa shape index (κ2) is 9.78. The van der Waals surface area contributed by atoms with Gasteiger partial charge in [0.2, 0.25) is 0 Å². The highest BCUT2D eigenvalue weighted by Crippen LogP contribution is 2.35. The summed E-state index contributed by atoms with van der Waals surface area (Å²) >= 11 is 0. The molecule has 0 fully saturated rings. The molecule has 0 saturated carbocycles. The van der Waals surface area contributed by atoms with Gasteiger partial charge in [-0.1, -0.05) is 0 Å². The van der Waals surface area contributed by atoms with Crippen LogP contribution in [0.3, 0.4) is 0 Å². The standard InChI is InChI=1S/C22H23FN2O5/c1-3-28-19-12-16-10-14(2)30-20(16)11-15(19)4-9-21(26)24-25-22(27)13-29-18-7-5-17(23)6-8-18/h4-9,11-12,14H,3,10,13H2,1-2H3,(H,24,26)(H,25,27)/b9-4+/t14-/m1/s1. The van der Waals surface area contributed by atoms with Gasteiger partial charge in [-0.3, -0.25) is 20.4 Å². The fourth-order valence-electron chi connectivity index (χ4n) is 2.92. The van der Waals surface area contributed by atoms with Crippen LogP contribution in [0.4, 0.5) is 4.39 Å². The van der Waals surface area contributed by atoms with Crippen molar-refractivity contribution in [3.63, 3.8) is 0 Å². The molecule has 0 unspecified atom stereocenters. The van der Waals surface area contributed by atoms with E-state index in [1.54, 1.807) is 6.08 Å². The molecule has 0 bridgehead atoms. The van der Waals surface area contributed by atoms with Gasteiger partial charge in [0.1, 0.15) is 29.2 Å². The number of ether oxygens (including phenoxy) is 3. The maximum absolute atomic E-state index is 12.8. The molecule has 0 aliphatic carbocycles. The summed E-state index contributed by atoms with van der Waals surface area (Å²) in [4.78, 5) is 23.8. The lowest BCUT2D eigenvalue weighted by Crippen LogP contribution is -2.43. The van der Waals surface area contributed by atoms with Crippen molar-refractivity contribution in [3.05, 3.63) is 59.4 Å². The quantitative estimate of drug-likeness (QED) is 0.538. The van der Waals surface area contributed by atoms with Gasteiger partial charge in [-0.25, -0.2) is 4.39 Å². The van der Waals surface area contributed by atoms with E-state index in [2.05, 4.69) is 10.9 Å². The van der Waals surface area contributed by atoms with Crippen LogP contribution in [-0.4, -0.2) is 31.1 Å². The van der Waals surface area contributed by atoms with Gasteiger partial charge in [-0.2, -0.15) is 0 Å². The third-order valence-electron chi connectivity index (χ3n) is 4.25. The zero-order valence-corrected chi connectivity index (χ0v) is 16.7. The van der Waals surface area contributed by atoms with Crippen molar-refractivity contribution in [1.29, 1.82) is 0 Å². The maximum Gasteiger partial charge on any atom is 0.276 e. The molecule has 0 radical (unpaired) electrons. The number of amides is 2. The van der Waals surface area contributed by atoms with Crippen molar-refractivity contribution >= 4 is 17.9 Å². The number of hydrogen-bond donors (Lipinski definition) is 2. The number of fused-ring (bicyclic) bond motifs is 1. The van der Waals surface area contributed by atoms with Crippen LogP contribution in [0.1, 0.15) is 25.0 Å². The van der Waals surface area contributed by atoms with Gasteiger partial charge in [0.15, 0.2) is 6.61 Å². The fourth-order valence-corrected chi connectivity index (χ4v) is 2.92. The van der Waals surface area contributed by atoms with E-state index in [-0.39, 0.29) is 12.7 Å². The molecule has 2 N–H and O–H groups in total. The highest BCUT2D eigenvalue weighted by Gasteiger charge is 2.21. The first-order valence-electron chi connectivity index (χ1n) is 9.56. The number of rotatable bonds is 7. The number of hydrogen-bond acceptors (Lipinski definition) is 5. The Balaban J connectivity index is 1.52. The summed E-state index contributed by atoms with van der Waals surface area (Å²) in [5, 5.41) is 0. The van der Waals surface area contributed by atoms with Crippen molar-refractivity contribution in [2.45, 2.75) is 26.4 Å². The molecule has 2 aromatic rings. The summed E-state index contributed by atoms with van der Waals surface area (Å²) in [5.41, 5.74) is 6.28. The Morgan fingerprint density at radius 3 is 2.70 bits per heavy atom. The fraction of sp³-hybridized carbons (Fsp3) is 0.273. The van der Waals surface area contributed by atoms with Gasteiger partial charge in [-0.15, -0.1) is 0 Å². The number of carbonyl (C=O) groups is 2. The zero-order chi connectivity index (χ0) is 21.5. The van der Waals surface area contributed by atoms with E-state index in [0.717, 1.165) is 17.7 Å². The van der Waals surface area contributed by atoms with Crippen LogP contribution in [0.25, 0.3) is 6.08 Å². The smallest absolute Gasteiger partial charge is 0.276 e. The third kappa shape index (κ3) is 5.73.